The highest BCUT2D eigenvalue weighted by atomic mass is 19.3. The van der Waals surface area contributed by atoms with Gasteiger partial charge in [0.1, 0.15) is 0 Å². The molecule has 188 valence electrons. The molecule has 0 saturated heterocycles. The molecule has 2 aromatic rings. The van der Waals surface area contributed by atoms with Gasteiger partial charge in [0.15, 0.2) is 5.82 Å². The Bertz CT molecular complexity index is 1060. The zero-order valence-corrected chi connectivity index (χ0v) is 19.6. The Morgan fingerprint density at radius 1 is 1.34 bits per heavy atom. The van der Waals surface area contributed by atoms with E-state index in [0.717, 1.165) is 0 Å². The quantitative estimate of drug-likeness (QED) is 0.186. The Balaban J connectivity index is 1.70. The van der Waals surface area contributed by atoms with Crippen molar-refractivity contribution >= 4 is 17.4 Å². The molecule has 0 aliphatic heterocycles. The first kappa shape index (κ1) is 26.1. The molecule has 3 atom stereocenters. The van der Waals surface area contributed by atoms with Crippen LogP contribution in [0.25, 0.3) is 11.4 Å². The molecule has 1 amide bonds. The fraction of sp³-hybridized carbons (Fsp3) is 0.417. The highest BCUT2D eigenvalue weighted by molar-refractivity contribution is 5.94. The number of nitrogens with zero attached hydrogens (tertiary/aromatic N) is 3. The summed E-state index contributed by atoms with van der Waals surface area (Å²) in [7, 11) is 3.02. The van der Waals surface area contributed by atoms with E-state index in [-0.39, 0.29) is 24.3 Å². The first-order chi connectivity index (χ1) is 16.6. The molecule has 0 radical (unpaired) electrons. The number of alkyl halides is 3. The van der Waals surface area contributed by atoms with Crippen molar-refractivity contribution in [1.29, 1.82) is 5.41 Å². The predicted molar refractivity (Wildman–Crippen MR) is 129 cm³/mol. The molecule has 3 unspecified atom stereocenters. The van der Waals surface area contributed by atoms with Gasteiger partial charge in [0.2, 0.25) is 12.2 Å². The van der Waals surface area contributed by atoms with E-state index in [1.807, 2.05) is 0 Å². The van der Waals surface area contributed by atoms with E-state index in [2.05, 4.69) is 20.6 Å². The molecule has 0 spiro atoms. The van der Waals surface area contributed by atoms with E-state index in [1.54, 1.807) is 49.8 Å². The lowest BCUT2D eigenvalue weighted by molar-refractivity contribution is -0.115. The number of anilines is 1. The van der Waals surface area contributed by atoms with Crippen molar-refractivity contribution in [2.75, 3.05) is 19.4 Å². The van der Waals surface area contributed by atoms with Gasteiger partial charge in [-0.3, -0.25) is 10.2 Å². The van der Waals surface area contributed by atoms with Crippen LogP contribution in [-0.2, 0) is 4.79 Å². The number of amides is 1. The highest BCUT2D eigenvalue weighted by Gasteiger charge is 2.47. The number of carbonyl (C=O) groups excluding carboxylic acids is 1. The molecule has 8 nitrogen and oxygen atoms in total. The molecule has 1 fully saturated rings. The SMILES string of the molecule is CNC1C(N(C)C(=N)CC=C(C(N)=O)C(F)Nc2cccc(-c3ncccn3)c2)CCCC1(F)F. The van der Waals surface area contributed by atoms with Crippen molar-refractivity contribution in [3.05, 3.63) is 54.4 Å². The number of primary amides is 1. The summed E-state index contributed by atoms with van der Waals surface area (Å²) >= 11 is 0. The third kappa shape index (κ3) is 6.36. The second-order valence-electron chi connectivity index (χ2n) is 8.43. The van der Waals surface area contributed by atoms with Crippen LogP contribution in [0.4, 0.5) is 18.9 Å². The standard InChI is InChI=1S/C24H30F3N7O/c1-30-20-18(8-4-11-24(20,26)27)34(2)19(28)10-9-17(22(29)35)21(25)33-16-7-3-6-15(14-16)23-31-12-5-13-32-23/h3,5-7,9,12-14,18,20-21,28,30,33H,4,8,10-11H2,1-2H3,(H2,29,35). The van der Waals surface area contributed by atoms with Gasteiger partial charge in [-0.25, -0.2) is 23.1 Å². The number of likely N-dealkylation sites (N-methyl/N-ethyl adjacent to an activating group) is 2. The summed E-state index contributed by atoms with van der Waals surface area (Å²) < 4.78 is 43.7. The average molecular weight is 490 g/mol. The molecule has 0 bridgehead atoms. The van der Waals surface area contributed by atoms with E-state index >= 15 is 4.39 Å². The number of benzene rings is 1. The number of aromatic nitrogens is 2. The van der Waals surface area contributed by atoms with Crippen LogP contribution in [0, 0.1) is 5.41 Å². The predicted octanol–water partition coefficient (Wildman–Crippen LogP) is 3.34. The maximum absolute atomic E-state index is 15.1. The molecule has 5 N–H and O–H groups in total. The van der Waals surface area contributed by atoms with Gasteiger partial charge in [-0.15, -0.1) is 0 Å². The lowest BCUT2D eigenvalue weighted by atomic mass is 9.86. The topological polar surface area (TPSA) is 120 Å². The third-order valence-electron chi connectivity index (χ3n) is 6.14. The third-order valence-corrected chi connectivity index (χ3v) is 6.14. The molecule has 1 heterocycles. The minimum atomic E-state index is -2.90. The van der Waals surface area contributed by atoms with Crippen molar-refractivity contribution < 1.29 is 18.0 Å². The van der Waals surface area contributed by atoms with Crippen molar-refractivity contribution in [2.45, 2.75) is 50.0 Å². The monoisotopic (exact) mass is 489 g/mol. The molecule has 1 aromatic carbocycles. The molecule has 1 aliphatic rings. The maximum atomic E-state index is 15.1. The number of nitrogens with two attached hydrogens (primary N) is 1. The molecule has 3 rings (SSSR count). The van der Waals surface area contributed by atoms with Gasteiger partial charge in [0.25, 0.3) is 5.92 Å². The van der Waals surface area contributed by atoms with Gasteiger partial charge in [-0.2, -0.15) is 0 Å². The fourth-order valence-electron chi connectivity index (χ4n) is 4.27. The number of amidine groups is 1. The number of rotatable bonds is 9. The van der Waals surface area contributed by atoms with Crippen molar-refractivity contribution in [1.82, 2.24) is 20.2 Å². The molecular formula is C24H30F3N7O. The average Bonchev–Trinajstić information content (AvgIpc) is 2.83. The Kier molecular flexibility index (Phi) is 8.44. The Morgan fingerprint density at radius 2 is 2.06 bits per heavy atom. The van der Waals surface area contributed by atoms with Crippen LogP contribution in [-0.4, -0.2) is 65.0 Å². The summed E-state index contributed by atoms with van der Waals surface area (Å²) in [5.74, 6) is -3.45. The van der Waals surface area contributed by atoms with Crippen LogP contribution in [0.3, 0.4) is 0 Å². The summed E-state index contributed by atoms with van der Waals surface area (Å²) in [5, 5.41) is 13.6. The Morgan fingerprint density at radius 3 is 2.71 bits per heavy atom. The van der Waals surface area contributed by atoms with Crippen LogP contribution >= 0.6 is 0 Å². The summed E-state index contributed by atoms with van der Waals surface area (Å²) in [5.41, 5.74) is 6.07. The first-order valence-corrected chi connectivity index (χ1v) is 11.3. The van der Waals surface area contributed by atoms with Gasteiger partial charge in [-0.1, -0.05) is 18.2 Å². The molecule has 1 aromatic heterocycles. The Hall–Kier alpha value is -3.47. The van der Waals surface area contributed by atoms with Crippen LogP contribution in [0.2, 0.25) is 0 Å². The molecule has 1 saturated carbocycles. The van der Waals surface area contributed by atoms with Crippen molar-refractivity contribution in [3.8, 4) is 11.4 Å². The minimum absolute atomic E-state index is 0.0258. The van der Waals surface area contributed by atoms with E-state index in [4.69, 9.17) is 11.1 Å². The summed E-state index contributed by atoms with van der Waals surface area (Å²) in [6, 6.07) is 6.68. The summed E-state index contributed by atoms with van der Waals surface area (Å²) in [6.07, 6.45) is 2.92. The van der Waals surface area contributed by atoms with E-state index in [1.165, 1.54) is 18.0 Å². The van der Waals surface area contributed by atoms with Gasteiger partial charge in [0, 0.05) is 43.5 Å². The molecule has 35 heavy (non-hydrogen) atoms. The number of carbonyl (C=O) groups is 1. The lowest BCUT2D eigenvalue weighted by Gasteiger charge is -2.43. The van der Waals surface area contributed by atoms with Crippen LogP contribution in [0.15, 0.2) is 54.4 Å². The van der Waals surface area contributed by atoms with E-state index in [9.17, 15) is 13.6 Å². The van der Waals surface area contributed by atoms with Gasteiger partial charge in [0.05, 0.1) is 23.5 Å². The van der Waals surface area contributed by atoms with Crippen LogP contribution in [0.1, 0.15) is 25.7 Å². The second-order valence-corrected chi connectivity index (χ2v) is 8.43. The van der Waals surface area contributed by atoms with E-state index in [0.29, 0.717) is 29.9 Å². The van der Waals surface area contributed by atoms with Gasteiger partial charge in [-0.05, 0) is 38.1 Å². The van der Waals surface area contributed by atoms with Gasteiger partial charge >= 0.3 is 0 Å². The Labute approximate surface area is 202 Å². The number of hydrogen-bond acceptors (Lipinski definition) is 6. The van der Waals surface area contributed by atoms with Crippen LogP contribution in [0.5, 0.6) is 0 Å². The highest BCUT2D eigenvalue weighted by Crippen LogP contribution is 2.35. The maximum Gasteiger partial charge on any atom is 0.265 e. The number of hydrogen-bond donors (Lipinski definition) is 4. The summed E-state index contributed by atoms with van der Waals surface area (Å²) in [4.78, 5) is 21.7. The number of nitrogens with one attached hydrogen (secondary N) is 3. The molecular weight excluding hydrogens is 459 g/mol. The van der Waals surface area contributed by atoms with Crippen molar-refractivity contribution in [3.63, 3.8) is 0 Å². The summed E-state index contributed by atoms with van der Waals surface area (Å²) in [6.45, 7) is 0. The number of halogens is 3. The molecule has 11 heteroatoms. The smallest absolute Gasteiger partial charge is 0.265 e. The van der Waals surface area contributed by atoms with Crippen molar-refractivity contribution in [2.24, 2.45) is 5.73 Å². The zero-order chi connectivity index (χ0) is 25.6. The zero-order valence-electron chi connectivity index (χ0n) is 19.6. The fourth-order valence-corrected chi connectivity index (χ4v) is 4.27. The second kappa shape index (κ2) is 11.3. The first-order valence-electron chi connectivity index (χ1n) is 11.3. The minimum Gasteiger partial charge on any atom is -0.366 e. The van der Waals surface area contributed by atoms with Crippen LogP contribution < -0.4 is 16.4 Å². The largest absolute Gasteiger partial charge is 0.366 e. The van der Waals surface area contributed by atoms with Gasteiger partial charge < -0.3 is 21.3 Å². The van der Waals surface area contributed by atoms with E-state index < -0.39 is 30.2 Å². The molecule has 1 aliphatic carbocycles. The lowest BCUT2D eigenvalue weighted by Crippen LogP contribution is -2.60. The normalized spacial score (nSPS) is 20.7.